The first-order valence-electron chi connectivity index (χ1n) is 11.8. The first-order chi connectivity index (χ1) is 18.2. The zero-order valence-corrected chi connectivity index (χ0v) is 21.2. The molecule has 198 valence electrons. The van der Waals surface area contributed by atoms with Crippen LogP contribution in [0.3, 0.4) is 0 Å². The van der Waals surface area contributed by atoms with Crippen molar-refractivity contribution in [3.05, 3.63) is 76.8 Å². The SMILES string of the molecule is Cc1nc(NC2CC(=O)N(CCCC(=O)O)C(=O)N2Cc2ccc(Cl)cc2)ccc1Oc1ccc(F)cn1. The molecule has 1 unspecified atom stereocenters. The second-order valence-electron chi connectivity index (χ2n) is 8.64. The zero-order valence-electron chi connectivity index (χ0n) is 20.4. The fraction of sp³-hybridized carbons (Fsp3) is 0.269. The van der Waals surface area contributed by atoms with Crippen LogP contribution in [0.1, 0.15) is 30.5 Å². The fourth-order valence-corrected chi connectivity index (χ4v) is 4.05. The molecular weight excluding hydrogens is 517 g/mol. The second-order valence-corrected chi connectivity index (χ2v) is 9.08. The highest BCUT2D eigenvalue weighted by molar-refractivity contribution is 6.30. The molecule has 38 heavy (non-hydrogen) atoms. The number of nitrogens with one attached hydrogen (secondary N) is 1. The van der Waals surface area contributed by atoms with Crippen LogP contribution >= 0.6 is 11.6 Å². The van der Waals surface area contributed by atoms with Gasteiger partial charge in [-0.2, -0.15) is 0 Å². The van der Waals surface area contributed by atoms with Gasteiger partial charge < -0.3 is 15.2 Å². The van der Waals surface area contributed by atoms with E-state index in [2.05, 4.69) is 15.3 Å². The number of carbonyl (C=O) groups excluding carboxylic acids is 2. The lowest BCUT2D eigenvalue weighted by Gasteiger charge is -2.40. The maximum Gasteiger partial charge on any atom is 0.328 e. The normalized spacial score (nSPS) is 15.5. The van der Waals surface area contributed by atoms with Gasteiger partial charge in [0.2, 0.25) is 11.8 Å². The van der Waals surface area contributed by atoms with Crippen molar-refractivity contribution < 1.29 is 28.6 Å². The predicted octanol–water partition coefficient (Wildman–Crippen LogP) is 4.83. The first kappa shape index (κ1) is 26.8. The van der Waals surface area contributed by atoms with Crippen LogP contribution in [0.15, 0.2) is 54.7 Å². The molecule has 3 amide bonds. The van der Waals surface area contributed by atoms with Crippen LogP contribution in [0, 0.1) is 12.7 Å². The van der Waals surface area contributed by atoms with Gasteiger partial charge in [0.05, 0.1) is 18.3 Å². The van der Waals surface area contributed by atoms with E-state index in [4.69, 9.17) is 21.4 Å². The number of benzene rings is 1. The number of imide groups is 1. The number of rotatable bonds is 10. The molecule has 0 aliphatic carbocycles. The third kappa shape index (κ3) is 6.74. The number of pyridine rings is 2. The van der Waals surface area contributed by atoms with E-state index in [0.29, 0.717) is 22.3 Å². The van der Waals surface area contributed by atoms with E-state index >= 15 is 0 Å². The van der Waals surface area contributed by atoms with Crippen molar-refractivity contribution in [1.82, 2.24) is 19.8 Å². The number of carboxylic acids is 1. The predicted molar refractivity (Wildman–Crippen MR) is 136 cm³/mol. The molecule has 0 radical (unpaired) electrons. The number of nitrogens with zero attached hydrogens (tertiary/aromatic N) is 4. The summed E-state index contributed by atoms with van der Waals surface area (Å²) < 4.78 is 18.8. The van der Waals surface area contributed by atoms with E-state index in [1.807, 2.05) is 0 Å². The molecule has 1 aromatic carbocycles. The van der Waals surface area contributed by atoms with Gasteiger partial charge in [0.25, 0.3) is 0 Å². The summed E-state index contributed by atoms with van der Waals surface area (Å²) in [5.74, 6) is -0.863. The van der Waals surface area contributed by atoms with Gasteiger partial charge in [-0.25, -0.2) is 19.2 Å². The molecule has 3 heterocycles. The summed E-state index contributed by atoms with van der Waals surface area (Å²) >= 11 is 6.00. The van der Waals surface area contributed by atoms with Crippen molar-refractivity contribution in [2.75, 3.05) is 11.9 Å². The van der Waals surface area contributed by atoms with E-state index in [1.54, 1.807) is 43.3 Å². The van der Waals surface area contributed by atoms with Crippen molar-refractivity contribution in [2.24, 2.45) is 0 Å². The van der Waals surface area contributed by atoms with Gasteiger partial charge in [-0.3, -0.25) is 19.4 Å². The summed E-state index contributed by atoms with van der Waals surface area (Å²) in [7, 11) is 0. The first-order valence-corrected chi connectivity index (χ1v) is 12.2. The molecule has 1 fully saturated rings. The fourth-order valence-electron chi connectivity index (χ4n) is 3.93. The number of hydrogen-bond acceptors (Lipinski definition) is 7. The lowest BCUT2D eigenvalue weighted by Crippen LogP contribution is -2.59. The van der Waals surface area contributed by atoms with Gasteiger partial charge in [-0.15, -0.1) is 0 Å². The van der Waals surface area contributed by atoms with Gasteiger partial charge in [-0.1, -0.05) is 23.7 Å². The molecule has 0 bridgehead atoms. The summed E-state index contributed by atoms with van der Waals surface area (Å²) in [5, 5.41) is 12.6. The summed E-state index contributed by atoms with van der Waals surface area (Å²) in [5.41, 5.74) is 1.31. The van der Waals surface area contributed by atoms with Crippen molar-refractivity contribution in [1.29, 1.82) is 0 Å². The van der Waals surface area contributed by atoms with E-state index in [1.165, 1.54) is 17.0 Å². The lowest BCUT2D eigenvalue weighted by molar-refractivity contribution is -0.138. The molecular formula is C26H25ClFN5O5. The molecule has 10 nitrogen and oxygen atoms in total. The minimum atomic E-state index is -0.997. The summed E-state index contributed by atoms with van der Waals surface area (Å²) in [6.45, 7) is 1.91. The number of aryl methyl sites for hydroxylation is 1. The molecule has 0 saturated carbocycles. The molecule has 1 aliphatic rings. The highest BCUT2D eigenvalue weighted by Gasteiger charge is 2.38. The van der Waals surface area contributed by atoms with Crippen LogP contribution in [0.5, 0.6) is 11.6 Å². The monoisotopic (exact) mass is 541 g/mol. The smallest absolute Gasteiger partial charge is 0.328 e. The third-order valence-electron chi connectivity index (χ3n) is 5.83. The molecule has 3 aromatic rings. The minimum Gasteiger partial charge on any atom is -0.481 e. The topological polar surface area (TPSA) is 125 Å². The number of aromatic nitrogens is 2. The van der Waals surface area contributed by atoms with Crippen molar-refractivity contribution in [3.8, 4) is 11.6 Å². The second kappa shape index (κ2) is 11.9. The summed E-state index contributed by atoms with van der Waals surface area (Å²) in [4.78, 5) is 48.1. The molecule has 0 spiro atoms. The molecule has 1 aliphatic heterocycles. The van der Waals surface area contributed by atoms with Crippen LogP contribution in [-0.2, 0) is 16.1 Å². The zero-order chi connectivity index (χ0) is 27.2. The van der Waals surface area contributed by atoms with Crippen LogP contribution in [-0.4, -0.2) is 55.5 Å². The van der Waals surface area contributed by atoms with E-state index in [9.17, 15) is 18.8 Å². The Morgan fingerprint density at radius 2 is 1.95 bits per heavy atom. The minimum absolute atomic E-state index is 0.00855. The van der Waals surface area contributed by atoms with Gasteiger partial charge in [0.15, 0.2) is 5.75 Å². The maximum absolute atomic E-state index is 13.4. The van der Waals surface area contributed by atoms with Gasteiger partial charge in [0, 0.05) is 30.6 Å². The highest BCUT2D eigenvalue weighted by atomic mass is 35.5. The Morgan fingerprint density at radius 3 is 2.61 bits per heavy atom. The van der Waals surface area contributed by atoms with Crippen LogP contribution in [0.4, 0.5) is 15.0 Å². The number of carbonyl (C=O) groups is 3. The van der Waals surface area contributed by atoms with Crippen molar-refractivity contribution in [2.45, 2.75) is 38.9 Å². The molecule has 12 heteroatoms. The Kier molecular flexibility index (Phi) is 8.37. The van der Waals surface area contributed by atoms with Crippen molar-refractivity contribution >= 4 is 35.3 Å². The number of amides is 3. The van der Waals surface area contributed by atoms with Gasteiger partial charge in [-0.05, 0) is 49.2 Å². The Bertz CT molecular complexity index is 1320. The highest BCUT2D eigenvalue weighted by Crippen LogP contribution is 2.27. The van der Waals surface area contributed by atoms with Crippen LogP contribution in [0.2, 0.25) is 5.02 Å². The van der Waals surface area contributed by atoms with Crippen molar-refractivity contribution in [3.63, 3.8) is 0 Å². The summed E-state index contributed by atoms with van der Waals surface area (Å²) in [6, 6.07) is 12.4. The Morgan fingerprint density at radius 1 is 1.18 bits per heavy atom. The maximum atomic E-state index is 13.4. The molecule has 1 saturated heterocycles. The van der Waals surface area contributed by atoms with Crippen LogP contribution in [0.25, 0.3) is 0 Å². The number of carboxylic acid groups (broad SMARTS) is 1. The number of hydrogen-bond donors (Lipinski definition) is 2. The Balaban J connectivity index is 1.52. The Hall–Kier alpha value is -4.25. The quantitative estimate of drug-likeness (QED) is 0.374. The average Bonchev–Trinajstić information content (AvgIpc) is 2.87. The molecule has 2 N–H and O–H groups in total. The number of halogens is 2. The molecule has 2 aromatic heterocycles. The van der Waals surface area contributed by atoms with Gasteiger partial charge in [0.1, 0.15) is 17.8 Å². The standard InChI is InChI=1S/C26H25ClFN5O5/c1-16-20(38-23-11-8-19(28)14-29-23)9-10-21(30-16)31-22-13-24(34)32(12-2-3-25(35)36)26(37)33(22)15-17-4-6-18(27)7-5-17/h4-11,14,22H,2-3,12-13,15H2,1H3,(H,30,31)(H,35,36). The van der Waals surface area contributed by atoms with E-state index < -0.39 is 29.9 Å². The number of ether oxygens (including phenoxy) is 1. The van der Waals surface area contributed by atoms with E-state index in [0.717, 1.165) is 16.7 Å². The van der Waals surface area contributed by atoms with Crippen LogP contribution < -0.4 is 10.1 Å². The number of urea groups is 1. The average molecular weight is 542 g/mol. The molecule has 1 atom stereocenters. The third-order valence-corrected chi connectivity index (χ3v) is 6.08. The largest absolute Gasteiger partial charge is 0.481 e. The summed E-state index contributed by atoms with van der Waals surface area (Å²) in [6.07, 6.45) is 0.306. The van der Waals surface area contributed by atoms with Gasteiger partial charge >= 0.3 is 12.0 Å². The van der Waals surface area contributed by atoms with E-state index in [-0.39, 0.29) is 38.2 Å². The molecule has 4 rings (SSSR count). The number of anilines is 1. The lowest BCUT2D eigenvalue weighted by atomic mass is 10.1. The Labute approximate surface area is 223 Å². The number of aliphatic carboxylic acids is 1.